The normalized spacial score (nSPS) is 10.2. The second kappa shape index (κ2) is 10.2. The lowest BCUT2D eigenvalue weighted by atomic mass is 10.2. The fourth-order valence-corrected chi connectivity index (χ4v) is 3.31. The van der Waals surface area contributed by atoms with Crippen molar-refractivity contribution < 1.29 is 14.3 Å². The van der Waals surface area contributed by atoms with E-state index in [2.05, 4.69) is 20.9 Å². The van der Waals surface area contributed by atoms with Gasteiger partial charge in [0.25, 0.3) is 0 Å². The molecule has 0 saturated carbocycles. The van der Waals surface area contributed by atoms with Gasteiger partial charge in [0.1, 0.15) is 5.75 Å². The quantitative estimate of drug-likeness (QED) is 0.499. The maximum atomic E-state index is 12.3. The van der Waals surface area contributed by atoms with Gasteiger partial charge in [-0.15, -0.1) is 11.3 Å². The number of hydrogen-bond acceptors (Lipinski definition) is 5. The van der Waals surface area contributed by atoms with Crippen LogP contribution in [0.3, 0.4) is 0 Å². The van der Waals surface area contributed by atoms with Crippen molar-refractivity contribution in [3.8, 4) is 5.75 Å². The zero-order valence-corrected chi connectivity index (χ0v) is 16.8. The lowest BCUT2D eigenvalue weighted by molar-refractivity contribution is -0.116. The second-order valence-electron chi connectivity index (χ2n) is 6.07. The predicted molar refractivity (Wildman–Crippen MR) is 116 cm³/mol. The molecule has 0 fully saturated rings. The third-order valence-corrected chi connectivity index (χ3v) is 4.68. The molecule has 0 bridgehead atoms. The van der Waals surface area contributed by atoms with Gasteiger partial charge in [-0.3, -0.25) is 10.1 Å². The van der Waals surface area contributed by atoms with Gasteiger partial charge in [0.2, 0.25) is 5.91 Å². The number of para-hydroxylation sites is 3. The van der Waals surface area contributed by atoms with Crippen LogP contribution in [0.5, 0.6) is 5.75 Å². The lowest BCUT2D eigenvalue weighted by Crippen LogP contribution is -2.19. The molecule has 7 nitrogen and oxygen atoms in total. The molecule has 1 aromatic heterocycles. The largest absolute Gasteiger partial charge is 0.492 e. The Hall–Kier alpha value is -3.39. The molecule has 2 aromatic carbocycles. The SMILES string of the molecule is CCOc1ccccc1NC(=O)CCc1csc(NC(=O)Nc2ccccc2)n1. The third kappa shape index (κ3) is 6.32. The van der Waals surface area contributed by atoms with Crippen LogP contribution in [-0.2, 0) is 11.2 Å². The summed E-state index contributed by atoms with van der Waals surface area (Å²) in [5.41, 5.74) is 2.10. The first-order chi connectivity index (χ1) is 14.1. The fourth-order valence-electron chi connectivity index (χ4n) is 2.57. The van der Waals surface area contributed by atoms with Gasteiger partial charge < -0.3 is 15.4 Å². The van der Waals surface area contributed by atoms with Gasteiger partial charge in [0.05, 0.1) is 18.0 Å². The van der Waals surface area contributed by atoms with Crippen molar-refractivity contribution in [3.63, 3.8) is 0 Å². The molecule has 0 spiro atoms. The summed E-state index contributed by atoms with van der Waals surface area (Å²) in [6.45, 7) is 2.42. The zero-order valence-electron chi connectivity index (χ0n) is 16.0. The number of amides is 3. The maximum Gasteiger partial charge on any atom is 0.325 e. The highest BCUT2D eigenvalue weighted by molar-refractivity contribution is 7.13. The highest BCUT2D eigenvalue weighted by Crippen LogP contribution is 2.24. The topological polar surface area (TPSA) is 92.4 Å². The van der Waals surface area contributed by atoms with Crippen LogP contribution in [0, 0.1) is 0 Å². The molecule has 0 atom stereocenters. The molecule has 29 heavy (non-hydrogen) atoms. The molecule has 3 N–H and O–H groups in total. The van der Waals surface area contributed by atoms with Gasteiger partial charge in [0, 0.05) is 17.5 Å². The minimum absolute atomic E-state index is 0.124. The van der Waals surface area contributed by atoms with Crippen LogP contribution in [0.4, 0.5) is 21.3 Å². The van der Waals surface area contributed by atoms with E-state index >= 15 is 0 Å². The summed E-state index contributed by atoms with van der Waals surface area (Å²) in [7, 11) is 0. The molecule has 0 aliphatic rings. The number of hydrogen-bond donors (Lipinski definition) is 3. The van der Waals surface area contributed by atoms with Crippen LogP contribution >= 0.6 is 11.3 Å². The van der Waals surface area contributed by atoms with E-state index in [1.165, 1.54) is 11.3 Å². The number of anilines is 3. The van der Waals surface area contributed by atoms with Crippen LogP contribution in [0.25, 0.3) is 0 Å². The standard InChI is InChI=1S/C21H22N4O3S/c1-2-28-18-11-7-6-10-17(18)24-19(26)13-12-16-14-29-21(23-16)25-20(27)22-15-8-4-3-5-9-15/h3-11,14H,2,12-13H2,1H3,(H,24,26)(H2,22,23,25,27). The highest BCUT2D eigenvalue weighted by Gasteiger charge is 2.10. The number of carbonyl (C=O) groups is 2. The van der Waals surface area contributed by atoms with E-state index in [0.29, 0.717) is 35.3 Å². The van der Waals surface area contributed by atoms with Crippen molar-refractivity contribution in [3.05, 3.63) is 65.7 Å². The minimum Gasteiger partial charge on any atom is -0.492 e. The summed E-state index contributed by atoms with van der Waals surface area (Å²) in [6.07, 6.45) is 0.751. The molecular formula is C21H22N4O3S. The zero-order chi connectivity index (χ0) is 20.5. The fraction of sp³-hybridized carbons (Fsp3) is 0.190. The lowest BCUT2D eigenvalue weighted by Gasteiger charge is -2.10. The van der Waals surface area contributed by atoms with Gasteiger partial charge in [-0.05, 0) is 37.6 Å². The van der Waals surface area contributed by atoms with Gasteiger partial charge in [0.15, 0.2) is 5.13 Å². The van der Waals surface area contributed by atoms with E-state index < -0.39 is 0 Å². The van der Waals surface area contributed by atoms with Crippen molar-refractivity contribution >= 4 is 39.8 Å². The van der Waals surface area contributed by atoms with Crippen molar-refractivity contribution in [1.29, 1.82) is 0 Å². The molecule has 3 aromatic rings. The van der Waals surface area contributed by atoms with E-state index in [1.54, 1.807) is 18.2 Å². The average Bonchev–Trinajstić information content (AvgIpc) is 3.16. The summed E-state index contributed by atoms with van der Waals surface area (Å²) in [4.78, 5) is 28.6. The van der Waals surface area contributed by atoms with E-state index in [4.69, 9.17) is 4.74 Å². The summed E-state index contributed by atoms with van der Waals surface area (Å²) in [5, 5.41) is 10.6. The Balaban J connectivity index is 1.47. The third-order valence-electron chi connectivity index (χ3n) is 3.87. The molecule has 1 heterocycles. The molecular weight excluding hydrogens is 388 g/mol. The first-order valence-corrected chi connectivity index (χ1v) is 10.1. The summed E-state index contributed by atoms with van der Waals surface area (Å²) < 4.78 is 5.51. The summed E-state index contributed by atoms with van der Waals surface area (Å²) >= 11 is 1.32. The molecule has 0 saturated heterocycles. The van der Waals surface area contributed by atoms with Gasteiger partial charge in [-0.25, -0.2) is 9.78 Å². The van der Waals surface area contributed by atoms with E-state index in [9.17, 15) is 9.59 Å². The Morgan fingerprint density at radius 3 is 2.55 bits per heavy atom. The number of aromatic nitrogens is 1. The van der Waals surface area contributed by atoms with Crippen molar-refractivity contribution in [2.45, 2.75) is 19.8 Å². The molecule has 150 valence electrons. The van der Waals surface area contributed by atoms with E-state index in [-0.39, 0.29) is 18.4 Å². The molecule has 3 amide bonds. The smallest absolute Gasteiger partial charge is 0.325 e. The molecule has 3 rings (SSSR count). The summed E-state index contributed by atoms with van der Waals surface area (Å²) in [5.74, 6) is 0.523. The number of rotatable bonds is 8. The van der Waals surface area contributed by atoms with Gasteiger partial charge in [-0.2, -0.15) is 0 Å². The van der Waals surface area contributed by atoms with E-state index in [1.807, 2.05) is 48.7 Å². The minimum atomic E-state index is -0.359. The number of urea groups is 1. The Kier molecular flexibility index (Phi) is 7.18. The van der Waals surface area contributed by atoms with Gasteiger partial charge in [-0.1, -0.05) is 30.3 Å². The number of aryl methyl sites for hydroxylation is 1. The van der Waals surface area contributed by atoms with Crippen LogP contribution in [0.1, 0.15) is 19.0 Å². The molecule has 8 heteroatoms. The second-order valence-corrected chi connectivity index (χ2v) is 6.92. The molecule has 0 radical (unpaired) electrons. The van der Waals surface area contributed by atoms with E-state index in [0.717, 1.165) is 5.69 Å². The summed E-state index contributed by atoms with van der Waals surface area (Å²) in [6, 6.07) is 16.1. The highest BCUT2D eigenvalue weighted by atomic mass is 32.1. The number of thiazole rings is 1. The first kappa shape index (κ1) is 20.3. The Morgan fingerprint density at radius 2 is 1.76 bits per heavy atom. The molecule has 0 aliphatic heterocycles. The first-order valence-electron chi connectivity index (χ1n) is 9.23. The molecule has 0 unspecified atom stereocenters. The van der Waals surface area contributed by atoms with Crippen molar-refractivity contribution in [2.24, 2.45) is 0 Å². The number of benzene rings is 2. The maximum absolute atomic E-state index is 12.3. The number of carbonyl (C=O) groups excluding carboxylic acids is 2. The predicted octanol–water partition coefficient (Wildman–Crippen LogP) is 4.76. The Morgan fingerprint density at radius 1 is 1.00 bits per heavy atom. The number of nitrogens with one attached hydrogen (secondary N) is 3. The van der Waals surface area contributed by atoms with Gasteiger partial charge >= 0.3 is 6.03 Å². The Bertz CT molecular complexity index is 959. The average molecular weight is 410 g/mol. The monoisotopic (exact) mass is 410 g/mol. The van der Waals surface area contributed by atoms with Crippen LogP contribution in [-0.4, -0.2) is 23.5 Å². The van der Waals surface area contributed by atoms with Crippen molar-refractivity contribution in [1.82, 2.24) is 4.98 Å². The number of nitrogens with zero attached hydrogens (tertiary/aromatic N) is 1. The van der Waals surface area contributed by atoms with Crippen molar-refractivity contribution in [2.75, 3.05) is 22.6 Å². The number of ether oxygens (including phenoxy) is 1. The Labute approximate surface area is 173 Å². The van der Waals surface area contributed by atoms with Crippen LogP contribution in [0.15, 0.2) is 60.0 Å². The van der Waals surface area contributed by atoms with Crippen LogP contribution < -0.4 is 20.7 Å². The molecule has 0 aliphatic carbocycles. The van der Waals surface area contributed by atoms with Crippen LogP contribution in [0.2, 0.25) is 0 Å².